The van der Waals surface area contributed by atoms with E-state index >= 15 is 0 Å². The minimum Gasteiger partial charge on any atom is -0.326 e. The Morgan fingerprint density at radius 2 is 1.88 bits per heavy atom. The third kappa shape index (κ3) is 3.65. The summed E-state index contributed by atoms with van der Waals surface area (Å²) in [6, 6.07) is 13.6. The minimum atomic E-state index is -0.0336. The van der Waals surface area contributed by atoms with Gasteiger partial charge in [-0.3, -0.25) is 9.59 Å². The van der Waals surface area contributed by atoms with Gasteiger partial charge in [0.25, 0.3) is 0 Å². The van der Waals surface area contributed by atoms with E-state index in [0.29, 0.717) is 12.8 Å². The van der Waals surface area contributed by atoms with Crippen LogP contribution in [0.3, 0.4) is 0 Å². The molecule has 1 saturated heterocycles. The fourth-order valence-electron chi connectivity index (χ4n) is 3.01. The lowest BCUT2D eigenvalue weighted by molar-refractivity contribution is -0.117. The van der Waals surface area contributed by atoms with E-state index in [-0.39, 0.29) is 11.8 Å². The SMILES string of the molecule is Cc1ccc(C)c(CC(=O)Nc2ccc(N3CCCC3=O)cc2)c1. The van der Waals surface area contributed by atoms with Gasteiger partial charge in [0.05, 0.1) is 6.42 Å². The van der Waals surface area contributed by atoms with Gasteiger partial charge in [0.1, 0.15) is 0 Å². The van der Waals surface area contributed by atoms with Gasteiger partial charge in [0.2, 0.25) is 11.8 Å². The van der Waals surface area contributed by atoms with Gasteiger partial charge in [-0.1, -0.05) is 23.8 Å². The maximum Gasteiger partial charge on any atom is 0.228 e. The number of carbonyl (C=O) groups excluding carboxylic acids is 2. The first-order valence-corrected chi connectivity index (χ1v) is 8.29. The molecule has 0 bridgehead atoms. The molecule has 4 heteroatoms. The van der Waals surface area contributed by atoms with Crippen molar-refractivity contribution in [3.63, 3.8) is 0 Å². The third-order valence-corrected chi connectivity index (χ3v) is 4.39. The Bertz CT molecular complexity index is 766. The summed E-state index contributed by atoms with van der Waals surface area (Å²) in [5.74, 6) is 0.135. The zero-order valence-corrected chi connectivity index (χ0v) is 14.1. The Kier molecular flexibility index (Phi) is 4.65. The first kappa shape index (κ1) is 16.2. The second-order valence-electron chi connectivity index (χ2n) is 6.35. The van der Waals surface area contributed by atoms with Crippen LogP contribution in [0, 0.1) is 13.8 Å². The zero-order valence-electron chi connectivity index (χ0n) is 14.1. The quantitative estimate of drug-likeness (QED) is 0.935. The van der Waals surface area contributed by atoms with E-state index in [1.807, 2.05) is 44.2 Å². The van der Waals surface area contributed by atoms with Crippen molar-refractivity contribution < 1.29 is 9.59 Å². The van der Waals surface area contributed by atoms with Crippen molar-refractivity contribution in [2.24, 2.45) is 0 Å². The summed E-state index contributed by atoms with van der Waals surface area (Å²) >= 11 is 0. The molecule has 4 nitrogen and oxygen atoms in total. The van der Waals surface area contributed by atoms with Gasteiger partial charge in [-0.15, -0.1) is 0 Å². The third-order valence-electron chi connectivity index (χ3n) is 4.39. The number of nitrogens with zero attached hydrogens (tertiary/aromatic N) is 1. The number of hydrogen-bond acceptors (Lipinski definition) is 2. The first-order valence-electron chi connectivity index (χ1n) is 8.29. The molecule has 2 aromatic carbocycles. The molecule has 2 aromatic rings. The van der Waals surface area contributed by atoms with E-state index in [1.165, 1.54) is 0 Å². The molecule has 0 atom stereocenters. The summed E-state index contributed by atoms with van der Waals surface area (Å²) < 4.78 is 0. The normalized spacial score (nSPS) is 14.1. The molecule has 0 aromatic heterocycles. The largest absolute Gasteiger partial charge is 0.326 e. The Labute approximate surface area is 142 Å². The molecular weight excluding hydrogens is 300 g/mol. The van der Waals surface area contributed by atoms with E-state index in [1.54, 1.807) is 4.90 Å². The van der Waals surface area contributed by atoms with Crippen LogP contribution in [0.5, 0.6) is 0 Å². The summed E-state index contributed by atoms with van der Waals surface area (Å²) in [4.78, 5) is 25.8. The van der Waals surface area contributed by atoms with E-state index in [4.69, 9.17) is 0 Å². The van der Waals surface area contributed by atoms with Crippen molar-refractivity contribution in [2.45, 2.75) is 33.1 Å². The maximum atomic E-state index is 12.3. The number of carbonyl (C=O) groups is 2. The number of hydrogen-bond donors (Lipinski definition) is 1. The topological polar surface area (TPSA) is 49.4 Å². The molecule has 1 N–H and O–H groups in total. The van der Waals surface area contributed by atoms with Gasteiger partial charge >= 0.3 is 0 Å². The van der Waals surface area contributed by atoms with Crippen LogP contribution in [0.2, 0.25) is 0 Å². The standard InChI is InChI=1S/C20H22N2O2/c1-14-5-6-15(2)16(12-14)13-19(23)21-17-7-9-18(10-8-17)22-11-3-4-20(22)24/h5-10,12H,3-4,11,13H2,1-2H3,(H,21,23). The average molecular weight is 322 g/mol. The van der Waals surface area contributed by atoms with Gasteiger partial charge in [0.15, 0.2) is 0 Å². The highest BCUT2D eigenvalue weighted by atomic mass is 16.2. The van der Waals surface area contributed by atoms with Crippen LogP contribution in [-0.2, 0) is 16.0 Å². The predicted octanol–water partition coefficient (Wildman–Crippen LogP) is 3.61. The molecule has 1 aliphatic rings. The molecule has 24 heavy (non-hydrogen) atoms. The highest BCUT2D eigenvalue weighted by Crippen LogP contribution is 2.23. The number of nitrogens with one attached hydrogen (secondary N) is 1. The summed E-state index contributed by atoms with van der Waals surface area (Å²) in [6.07, 6.45) is 1.89. The predicted molar refractivity (Wildman–Crippen MR) is 96.3 cm³/mol. The summed E-state index contributed by atoms with van der Waals surface area (Å²) in [5, 5.41) is 2.92. The number of rotatable bonds is 4. The molecule has 1 aliphatic heterocycles. The molecule has 0 spiro atoms. The zero-order chi connectivity index (χ0) is 17.1. The Morgan fingerprint density at radius 1 is 1.12 bits per heavy atom. The van der Waals surface area contributed by atoms with Gasteiger partial charge in [-0.05, 0) is 55.7 Å². The maximum absolute atomic E-state index is 12.3. The number of amides is 2. The number of aryl methyl sites for hydroxylation is 2. The van der Waals surface area contributed by atoms with Crippen LogP contribution in [-0.4, -0.2) is 18.4 Å². The molecule has 2 amide bonds. The Hall–Kier alpha value is -2.62. The number of anilines is 2. The highest BCUT2D eigenvalue weighted by Gasteiger charge is 2.21. The molecule has 0 saturated carbocycles. The summed E-state index contributed by atoms with van der Waals surface area (Å²) in [5.41, 5.74) is 4.97. The van der Waals surface area contributed by atoms with Crippen molar-refractivity contribution in [3.8, 4) is 0 Å². The molecule has 1 fully saturated rings. The molecule has 3 rings (SSSR count). The van der Waals surface area contributed by atoms with Crippen LogP contribution in [0.25, 0.3) is 0 Å². The van der Waals surface area contributed by atoms with E-state index < -0.39 is 0 Å². The summed E-state index contributed by atoms with van der Waals surface area (Å²) in [7, 11) is 0. The van der Waals surface area contributed by atoms with Crippen molar-refractivity contribution in [1.82, 2.24) is 0 Å². The fourth-order valence-corrected chi connectivity index (χ4v) is 3.01. The molecule has 0 radical (unpaired) electrons. The van der Waals surface area contributed by atoms with Gasteiger partial charge in [-0.25, -0.2) is 0 Å². The van der Waals surface area contributed by atoms with E-state index in [9.17, 15) is 9.59 Å². The summed E-state index contributed by atoms with van der Waals surface area (Å²) in [6.45, 7) is 4.82. The Balaban J connectivity index is 1.64. The second-order valence-corrected chi connectivity index (χ2v) is 6.35. The lowest BCUT2D eigenvalue weighted by Gasteiger charge is -2.16. The van der Waals surface area contributed by atoms with Gasteiger partial charge in [-0.2, -0.15) is 0 Å². The molecular formula is C20H22N2O2. The van der Waals surface area contributed by atoms with Crippen LogP contribution in [0.15, 0.2) is 42.5 Å². The van der Waals surface area contributed by atoms with Gasteiger partial charge in [0, 0.05) is 24.3 Å². The lowest BCUT2D eigenvalue weighted by Crippen LogP contribution is -2.23. The molecule has 1 heterocycles. The van der Waals surface area contributed by atoms with Crippen molar-refractivity contribution in [3.05, 3.63) is 59.2 Å². The average Bonchev–Trinajstić information content (AvgIpc) is 2.98. The first-order chi connectivity index (χ1) is 11.5. The minimum absolute atomic E-state index is 0.0336. The van der Waals surface area contributed by atoms with Crippen LogP contribution in [0.1, 0.15) is 29.5 Å². The van der Waals surface area contributed by atoms with Crippen molar-refractivity contribution in [1.29, 1.82) is 0 Å². The number of benzene rings is 2. The molecule has 124 valence electrons. The van der Waals surface area contributed by atoms with Crippen LogP contribution in [0.4, 0.5) is 11.4 Å². The van der Waals surface area contributed by atoms with Crippen molar-refractivity contribution >= 4 is 23.2 Å². The lowest BCUT2D eigenvalue weighted by atomic mass is 10.0. The van der Waals surface area contributed by atoms with Crippen LogP contribution >= 0.6 is 0 Å². The van der Waals surface area contributed by atoms with E-state index in [2.05, 4.69) is 17.4 Å². The monoisotopic (exact) mass is 322 g/mol. The second kappa shape index (κ2) is 6.87. The van der Waals surface area contributed by atoms with Gasteiger partial charge < -0.3 is 10.2 Å². The van der Waals surface area contributed by atoms with Crippen LogP contribution < -0.4 is 10.2 Å². The molecule has 0 aliphatic carbocycles. The van der Waals surface area contributed by atoms with E-state index in [0.717, 1.165) is 41.0 Å². The van der Waals surface area contributed by atoms with Crippen molar-refractivity contribution in [2.75, 3.05) is 16.8 Å². The Morgan fingerprint density at radius 3 is 2.54 bits per heavy atom. The molecule has 0 unspecified atom stereocenters. The fraction of sp³-hybridized carbons (Fsp3) is 0.300. The smallest absolute Gasteiger partial charge is 0.228 e. The highest BCUT2D eigenvalue weighted by molar-refractivity contribution is 5.96.